The molecule has 0 aliphatic carbocycles. The van der Waals surface area contributed by atoms with Gasteiger partial charge in [-0.2, -0.15) is 0 Å². The second-order valence-electron chi connectivity index (χ2n) is 6.36. The molecule has 0 amide bonds. The summed E-state index contributed by atoms with van der Waals surface area (Å²) >= 11 is 1.79. The van der Waals surface area contributed by atoms with E-state index in [1.54, 1.807) is 11.3 Å². The Morgan fingerprint density at radius 3 is 2.64 bits per heavy atom. The first-order valence-electron chi connectivity index (χ1n) is 8.47. The average molecular weight is 470 g/mol. The summed E-state index contributed by atoms with van der Waals surface area (Å²) in [5.74, 6) is 0.888. The number of guanidine groups is 1. The predicted octanol–water partition coefficient (Wildman–Crippen LogP) is 3.93. The van der Waals surface area contributed by atoms with Crippen LogP contribution in [0.1, 0.15) is 22.4 Å². The van der Waals surface area contributed by atoms with Gasteiger partial charge < -0.3 is 15.5 Å². The van der Waals surface area contributed by atoms with Crippen LogP contribution in [0.25, 0.3) is 0 Å². The first-order valence-corrected chi connectivity index (χ1v) is 9.35. The van der Waals surface area contributed by atoms with Crippen molar-refractivity contribution in [3.05, 3.63) is 51.7 Å². The summed E-state index contributed by atoms with van der Waals surface area (Å²) < 4.78 is 0. The minimum absolute atomic E-state index is 0. The van der Waals surface area contributed by atoms with E-state index in [4.69, 9.17) is 0 Å². The SMILES string of the molecule is CN=C(NCc1sccc1C)NC1CCN(c2ccc(C)cc2)C1.I. The van der Waals surface area contributed by atoms with Crippen LogP contribution in [0.5, 0.6) is 0 Å². The molecule has 25 heavy (non-hydrogen) atoms. The van der Waals surface area contributed by atoms with Crippen molar-refractivity contribution in [3.8, 4) is 0 Å². The van der Waals surface area contributed by atoms with Crippen LogP contribution in [0.15, 0.2) is 40.7 Å². The van der Waals surface area contributed by atoms with Crippen molar-refractivity contribution in [2.45, 2.75) is 32.9 Å². The monoisotopic (exact) mass is 470 g/mol. The third-order valence-corrected chi connectivity index (χ3v) is 5.56. The lowest BCUT2D eigenvalue weighted by molar-refractivity contribution is 0.649. The molecular formula is C19H27IN4S. The van der Waals surface area contributed by atoms with Crippen LogP contribution in [-0.2, 0) is 6.54 Å². The van der Waals surface area contributed by atoms with Gasteiger partial charge in [-0.3, -0.25) is 4.99 Å². The molecule has 1 aromatic carbocycles. The van der Waals surface area contributed by atoms with E-state index in [1.165, 1.54) is 21.7 Å². The Kier molecular flexibility index (Phi) is 7.56. The summed E-state index contributed by atoms with van der Waals surface area (Å²) in [4.78, 5) is 8.18. The Morgan fingerprint density at radius 1 is 1.24 bits per heavy atom. The summed E-state index contributed by atoms with van der Waals surface area (Å²) in [5.41, 5.74) is 3.96. The summed E-state index contributed by atoms with van der Waals surface area (Å²) in [5, 5.41) is 9.13. The highest BCUT2D eigenvalue weighted by molar-refractivity contribution is 14.0. The van der Waals surface area contributed by atoms with E-state index in [1.807, 2.05) is 7.05 Å². The highest BCUT2D eigenvalue weighted by Crippen LogP contribution is 2.20. The maximum Gasteiger partial charge on any atom is 0.191 e. The number of anilines is 1. The minimum Gasteiger partial charge on any atom is -0.369 e. The molecule has 1 aromatic heterocycles. The van der Waals surface area contributed by atoms with Gasteiger partial charge in [-0.1, -0.05) is 17.7 Å². The molecule has 0 bridgehead atoms. The smallest absolute Gasteiger partial charge is 0.191 e. The number of nitrogens with one attached hydrogen (secondary N) is 2. The molecule has 1 saturated heterocycles. The highest BCUT2D eigenvalue weighted by Gasteiger charge is 2.23. The largest absolute Gasteiger partial charge is 0.369 e. The van der Waals surface area contributed by atoms with Gasteiger partial charge in [0.15, 0.2) is 5.96 Å². The Bertz CT molecular complexity index is 696. The number of aliphatic imine (C=N–C) groups is 1. The summed E-state index contributed by atoms with van der Waals surface area (Å²) in [6.45, 7) is 7.21. The Morgan fingerprint density at radius 2 is 2.00 bits per heavy atom. The predicted molar refractivity (Wildman–Crippen MR) is 120 cm³/mol. The van der Waals surface area contributed by atoms with E-state index >= 15 is 0 Å². The molecule has 2 heterocycles. The van der Waals surface area contributed by atoms with Crippen molar-refractivity contribution in [3.63, 3.8) is 0 Å². The number of aryl methyl sites for hydroxylation is 2. The molecule has 0 saturated carbocycles. The van der Waals surface area contributed by atoms with Crippen molar-refractivity contribution in [1.29, 1.82) is 0 Å². The average Bonchev–Trinajstić information content (AvgIpc) is 3.21. The van der Waals surface area contributed by atoms with Crippen molar-refractivity contribution in [1.82, 2.24) is 10.6 Å². The van der Waals surface area contributed by atoms with Gasteiger partial charge >= 0.3 is 0 Å². The molecule has 2 aromatic rings. The van der Waals surface area contributed by atoms with Crippen molar-refractivity contribution in [2.24, 2.45) is 4.99 Å². The second-order valence-corrected chi connectivity index (χ2v) is 7.36. The summed E-state index contributed by atoms with van der Waals surface area (Å²) in [6, 6.07) is 11.4. The normalized spacial score (nSPS) is 17.3. The van der Waals surface area contributed by atoms with Crippen LogP contribution >= 0.6 is 35.3 Å². The minimum atomic E-state index is 0. The van der Waals surface area contributed by atoms with Crippen molar-refractivity contribution >= 4 is 47.0 Å². The van der Waals surface area contributed by atoms with Gasteiger partial charge in [-0.05, 0) is 49.4 Å². The van der Waals surface area contributed by atoms with E-state index in [2.05, 4.69) is 70.1 Å². The lowest BCUT2D eigenvalue weighted by Crippen LogP contribution is -2.44. The summed E-state index contributed by atoms with van der Waals surface area (Å²) in [6.07, 6.45) is 1.13. The second kappa shape index (κ2) is 9.43. The van der Waals surface area contributed by atoms with Gasteiger partial charge in [0.1, 0.15) is 0 Å². The van der Waals surface area contributed by atoms with Crippen LogP contribution in [0.3, 0.4) is 0 Å². The molecule has 6 heteroatoms. The van der Waals surface area contributed by atoms with Gasteiger partial charge in [0.05, 0.1) is 6.54 Å². The van der Waals surface area contributed by atoms with E-state index in [9.17, 15) is 0 Å². The third-order valence-electron chi connectivity index (χ3n) is 4.54. The maximum absolute atomic E-state index is 4.37. The number of halogens is 1. The van der Waals surface area contributed by atoms with Gasteiger partial charge in [0.2, 0.25) is 0 Å². The fourth-order valence-electron chi connectivity index (χ4n) is 3.01. The number of hydrogen-bond donors (Lipinski definition) is 2. The van der Waals surface area contributed by atoms with Crippen LogP contribution in [0.2, 0.25) is 0 Å². The quantitative estimate of drug-likeness (QED) is 0.404. The molecule has 1 unspecified atom stereocenters. The topological polar surface area (TPSA) is 39.7 Å². The zero-order valence-corrected chi connectivity index (χ0v) is 18.2. The van der Waals surface area contributed by atoms with Crippen molar-refractivity contribution < 1.29 is 0 Å². The number of rotatable bonds is 4. The maximum atomic E-state index is 4.37. The van der Waals surface area contributed by atoms with Gasteiger partial charge in [-0.25, -0.2) is 0 Å². The number of hydrogen-bond acceptors (Lipinski definition) is 3. The first-order chi connectivity index (χ1) is 11.7. The van der Waals surface area contributed by atoms with Crippen LogP contribution in [0, 0.1) is 13.8 Å². The van der Waals surface area contributed by atoms with E-state index in [0.29, 0.717) is 6.04 Å². The molecule has 1 fully saturated rings. The zero-order chi connectivity index (χ0) is 16.9. The summed E-state index contributed by atoms with van der Waals surface area (Å²) in [7, 11) is 1.84. The first kappa shape index (κ1) is 20.0. The number of benzene rings is 1. The molecule has 1 aliphatic rings. The fraction of sp³-hybridized carbons (Fsp3) is 0.421. The van der Waals surface area contributed by atoms with Crippen LogP contribution in [0.4, 0.5) is 5.69 Å². The van der Waals surface area contributed by atoms with E-state index in [0.717, 1.165) is 32.0 Å². The third kappa shape index (κ3) is 5.34. The molecule has 3 rings (SSSR count). The number of nitrogens with zero attached hydrogens (tertiary/aromatic N) is 2. The molecule has 1 atom stereocenters. The van der Waals surface area contributed by atoms with Gasteiger partial charge in [0, 0.05) is 36.7 Å². The van der Waals surface area contributed by atoms with E-state index < -0.39 is 0 Å². The highest BCUT2D eigenvalue weighted by atomic mass is 127. The Labute approximate surface area is 171 Å². The molecule has 2 N–H and O–H groups in total. The molecule has 4 nitrogen and oxygen atoms in total. The lowest BCUT2D eigenvalue weighted by Gasteiger charge is -2.20. The lowest BCUT2D eigenvalue weighted by atomic mass is 10.2. The Balaban J connectivity index is 0.00000225. The van der Waals surface area contributed by atoms with Crippen molar-refractivity contribution in [2.75, 3.05) is 25.0 Å². The molecule has 0 radical (unpaired) electrons. The van der Waals surface area contributed by atoms with Gasteiger partial charge in [-0.15, -0.1) is 35.3 Å². The molecule has 136 valence electrons. The van der Waals surface area contributed by atoms with E-state index in [-0.39, 0.29) is 24.0 Å². The van der Waals surface area contributed by atoms with Gasteiger partial charge in [0.25, 0.3) is 0 Å². The standard InChI is InChI=1S/C19H26N4S.HI/c1-14-4-6-17(7-5-14)23-10-8-16(13-23)22-19(20-3)21-12-18-15(2)9-11-24-18;/h4-7,9,11,16H,8,10,12-13H2,1-3H3,(H2,20,21,22);1H. The van der Waals surface area contributed by atoms with Crippen LogP contribution in [-0.4, -0.2) is 32.1 Å². The Hall–Kier alpha value is -1.28. The number of thiophene rings is 1. The molecule has 1 aliphatic heterocycles. The van der Waals surface area contributed by atoms with Crippen LogP contribution < -0.4 is 15.5 Å². The zero-order valence-electron chi connectivity index (χ0n) is 15.1. The molecule has 0 spiro atoms. The molecular weight excluding hydrogens is 443 g/mol. The fourth-order valence-corrected chi connectivity index (χ4v) is 3.85.